The molecule has 186 valence electrons. The van der Waals surface area contributed by atoms with Gasteiger partial charge in [0.2, 0.25) is 0 Å². The van der Waals surface area contributed by atoms with Gasteiger partial charge < -0.3 is 4.90 Å². The van der Waals surface area contributed by atoms with E-state index in [2.05, 4.69) is 30.0 Å². The molecule has 3 aromatic rings. The zero-order chi connectivity index (χ0) is 25.2. The Labute approximate surface area is 221 Å². The topological polar surface area (TPSA) is 57.9 Å². The Balaban J connectivity index is 1.56. The highest BCUT2D eigenvalue weighted by Crippen LogP contribution is 2.34. The maximum Gasteiger partial charge on any atom is 0.267 e. The highest BCUT2D eigenvalue weighted by atomic mass is 32.2. The molecule has 6 nitrogen and oxygen atoms in total. The molecule has 8 heteroatoms. The molecule has 0 spiro atoms. The summed E-state index contributed by atoms with van der Waals surface area (Å²) in [4.78, 5) is 36.4. The molecule has 2 aliphatic heterocycles. The Bertz CT molecular complexity index is 1430. The van der Waals surface area contributed by atoms with Crippen LogP contribution in [0.1, 0.15) is 54.9 Å². The lowest BCUT2D eigenvalue weighted by Gasteiger charge is -2.31. The van der Waals surface area contributed by atoms with Crippen molar-refractivity contribution in [2.45, 2.75) is 52.5 Å². The monoisotopic (exact) mass is 518 g/mol. The van der Waals surface area contributed by atoms with Crippen LogP contribution in [0.3, 0.4) is 0 Å². The molecule has 1 saturated heterocycles. The van der Waals surface area contributed by atoms with Gasteiger partial charge in [0.15, 0.2) is 0 Å². The van der Waals surface area contributed by atoms with Gasteiger partial charge in [-0.3, -0.25) is 18.9 Å². The number of hydrogen-bond acceptors (Lipinski definition) is 6. The fourth-order valence-corrected chi connectivity index (χ4v) is 6.16. The van der Waals surface area contributed by atoms with Crippen molar-refractivity contribution in [3.05, 3.63) is 80.1 Å². The molecule has 0 aliphatic carbocycles. The number of anilines is 1. The molecule has 1 fully saturated rings. The van der Waals surface area contributed by atoms with Crippen LogP contribution in [0.2, 0.25) is 0 Å². The molecule has 36 heavy (non-hydrogen) atoms. The largest absolute Gasteiger partial charge is 0.351 e. The Morgan fingerprint density at radius 1 is 1.08 bits per heavy atom. The number of fused-ring (bicyclic) bond motifs is 2. The van der Waals surface area contributed by atoms with Crippen LogP contribution in [0.4, 0.5) is 5.82 Å². The third-order valence-corrected chi connectivity index (χ3v) is 8.26. The van der Waals surface area contributed by atoms with Crippen molar-refractivity contribution < 1.29 is 4.79 Å². The maximum atomic E-state index is 13.8. The normalized spacial score (nSPS) is 16.9. The summed E-state index contributed by atoms with van der Waals surface area (Å²) in [5.74, 6) is 0.502. The van der Waals surface area contributed by atoms with Crippen LogP contribution in [0.25, 0.3) is 11.7 Å². The zero-order valence-corrected chi connectivity index (χ0v) is 22.3. The number of nitrogens with zero attached hydrogens (tertiary/aromatic N) is 4. The van der Waals surface area contributed by atoms with Gasteiger partial charge in [-0.25, -0.2) is 4.98 Å². The number of benzene rings is 1. The summed E-state index contributed by atoms with van der Waals surface area (Å²) in [5, 5.41) is 0. The average Bonchev–Trinajstić information content (AvgIpc) is 3.15. The molecule has 2 aliphatic rings. The van der Waals surface area contributed by atoms with Gasteiger partial charge in [0.25, 0.3) is 11.5 Å². The first-order chi connectivity index (χ1) is 17.5. The van der Waals surface area contributed by atoms with Crippen LogP contribution in [0.15, 0.2) is 52.3 Å². The summed E-state index contributed by atoms with van der Waals surface area (Å²) in [7, 11) is 0. The number of rotatable bonds is 7. The maximum absolute atomic E-state index is 13.8. The van der Waals surface area contributed by atoms with Crippen LogP contribution >= 0.6 is 24.0 Å². The van der Waals surface area contributed by atoms with Gasteiger partial charge in [-0.1, -0.05) is 80.5 Å². The van der Waals surface area contributed by atoms with Gasteiger partial charge >= 0.3 is 0 Å². The molecule has 5 rings (SSSR count). The summed E-state index contributed by atoms with van der Waals surface area (Å²) in [6.07, 6.45) is 8.61. The third-order valence-electron chi connectivity index (χ3n) is 6.88. The summed E-state index contributed by atoms with van der Waals surface area (Å²) in [5.41, 5.74) is 4.39. The highest BCUT2D eigenvalue weighted by molar-refractivity contribution is 8.26. The van der Waals surface area contributed by atoms with E-state index in [1.54, 1.807) is 21.6 Å². The highest BCUT2D eigenvalue weighted by Gasteiger charge is 2.33. The lowest BCUT2D eigenvalue weighted by Crippen LogP contribution is -2.34. The Hall–Kier alpha value is -2.97. The molecule has 0 unspecified atom stereocenters. The van der Waals surface area contributed by atoms with Crippen molar-refractivity contribution in [1.29, 1.82) is 0 Å². The minimum Gasteiger partial charge on any atom is -0.351 e. The van der Waals surface area contributed by atoms with Crippen LogP contribution in [0.5, 0.6) is 0 Å². The number of thiocarbonyl (C=S) groups is 1. The van der Waals surface area contributed by atoms with Crippen LogP contribution in [0, 0.1) is 6.92 Å². The van der Waals surface area contributed by atoms with E-state index in [-0.39, 0.29) is 11.5 Å². The number of carbonyl (C=O) groups is 1. The van der Waals surface area contributed by atoms with Crippen molar-refractivity contribution in [2.24, 2.45) is 0 Å². The average molecular weight is 519 g/mol. The number of carbonyl (C=O) groups excluding carboxylic acids is 1. The predicted octanol–water partition coefficient (Wildman–Crippen LogP) is 5.35. The number of hydrogen-bond donors (Lipinski definition) is 0. The minimum absolute atomic E-state index is 0.120. The van der Waals surface area contributed by atoms with Crippen molar-refractivity contribution in [3.8, 4) is 0 Å². The molecule has 1 aromatic carbocycles. The number of unbranched alkanes of at least 4 members (excludes halogenated alkanes) is 3. The lowest BCUT2D eigenvalue weighted by atomic mass is 9.99. The number of pyridine rings is 1. The van der Waals surface area contributed by atoms with Gasteiger partial charge in [-0.05, 0) is 48.6 Å². The van der Waals surface area contributed by atoms with E-state index in [4.69, 9.17) is 17.2 Å². The first-order valence-corrected chi connectivity index (χ1v) is 13.8. The SMILES string of the molecule is CCCCCCN1C(=O)C(=Cc2c(N3CCc4ccccc4C3)nc3c(C)cccn3c2=O)SC1=S. The number of aromatic nitrogens is 2. The molecule has 0 atom stereocenters. The molecule has 0 bridgehead atoms. The molecule has 0 N–H and O–H groups in total. The quantitative estimate of drug-likeness (QED) is 0.239. The fraction of sp³-hybridized carbons (Fsp3) is 0.357. The van der Waals surface area contributed by atoms with E-state index in [0.29, 0.717) is 39.3 Å². The van der Waals surface area contributed by atoms with E-state index in [0.717, 1.165) is 44.2 Å². The Morgan fingerprint density at radius 2 is 1.89 bits per heavy atom. The predicted molar refractivity (Wildman–Crippen MR) is 151 cm³/mol. The lowest BCUT2D eigenvalue weighted by molar-refractivity contribution is -0.122. The molecule has 2 aromatic heterocycles. The summed E-state index contributed by atoms with van der Waals surface area (Å²) < 4.78 is 2.13. The second kappa shape index (κ2) is 10.6. The second-order valence-electron chi connectivity index (χ2n) is 9.37. The number of aryl methyl sites for hydroxylation is 1. The van der Waals surface area contributed by atoms with E-state index < -0.39 is 0 Å². The van der Waals surface area contributed by atoms with Gasteiger partial charge in [0.05, 0.1) is 10.5 Å². The molecule has 0 saturated carbocycles. The fourth-order valence-electron chi connectivity index (χ4n) is 4.86. The van der Waals surface area contributed by atoms with E-state index in [1.165, 1.54) is 22.9 Å². The van der Waals surface area contributed by atoms with Gasteiger partial charge in [-0.2, -0.15) is 0 Å². The van der Waals surface area contributed by atoms with Gasteiger partial charge in [0, 0.05) is 25.8 Å². The van der Waals surface area contributed by atoms with Crippen molar-refractivity contribution in [1.82, 2.24) is 14.3 Å². The Kier molecular flexibility index (Phi) is 7.25. The first kappa shape index (κ1) is 24.7. The standard InChI is InChI=1S/C28H30N4O2S2/c1-3-4-5-8-14-32-27(34)23(36-28(32)35)17-22-25(29-24-19(2)10-9-15-31(24)26(22)33)30-16-13-20-11-6-7-12-21(20)18-30/h6-7,9-12,15,17H,3-5,8,13-14,16,18H2,1-2H3. The minimum atomic E-state index is -0.175. The van der Waals surface area contributed by atoms with Crippen LogP contribution in [-0.4, -0.2) is 37.6 Å². The number of amides is 1. The van der Waals surface area contributed by atoms with Crippen molar-refractivity contribution in [3.63, 3.8) is 0 Å². The van der Waals surface area contributed by atoms with E-state index in [9.17, 15) is 9.59 Å². The zero-order valence-electron chi connectivity index (χ0n) is 20.7. The van der Waals surface area contributed by atoms with Crippen LogP contribution in [-0.2, 0) is 17.8 Å². The third kappa shape index (κ3) is 4.72. The summed E-state index contributed by atoms with van der Waals surface area (Å²) in [6, 6.07) is 12.2. The smallest absolute Gasteiger partial charge is 0.267 e. The second-order valence-corrected chi connectivity index (χ2v) is 11.0. The van der Waals surface area contributed by atoms with Gasteiger partial charge in [0.1, 0.15) is 15.8 Å². The van der Waals surface area contributed by atoms with Crippen molar-refractivity contribution in [2.75, 3.05) is 18.0 Å². The Morgan fingerprint density at radius 3 is 2.69 bits per heavy atom. The summed E-state index contributed by atoms with van der Waals surface area (Å²) in [6.45, 7) is 6.17. The molecule has 4 heterocycles. The van der Waals surface area contributed by atoms with Crippen molar-refractivity contribution >= 4 is 51.7 Å². The van der Waals surface area contributed by atoms with Crippen LogP contribution < -0.4 is 10.5 Å². The number of thioether (sulfide) groups is 1. The molecule has 0 radical (unpaired) electrons. The van der Waals surface area contributed by atoms with E-state index >= 15 is 0 Å². The molecular weight excluding hydrogens is 488 g/mol. The molecular formula is C28H30N4O2S2. The van der Waals surface area contributed by atoms with Gasteiger partial charge in [-0.15, -0.1) is 0 Å². The first-order valence-electron chi connectivity index (χ1n) is 12.6. The van der Waals surface area contributed by atoms with E-state index in [1.807, 2.05) is 25.1 Å². The molecule has 1 amide bonds. The summed E-state index contributed by atoms with van der Waals surface area (Å²) >= 11 is 6.81.